The molecule has 1 aliphatic rings. The monoisotopic (exact) mass is 278 g/mol. The number of carbonyl (C=O) groups excluding carboxylic acids is 1. The van der Waals surface area contributed by atoms with Crippen molar-refractivity contribution < 1.29 is 14.6 Å². The molecule has 3 N–H and O–H groups in total. The second-order valence-electron chi connectivity index (χ2n) is 5.14. The lowest BCUT2D eigenvalue weighted by Crippen LogP contribution is -2.34. The first-order chi connectivity index (χ1) is 9.69. The molecule has 0 radical (unpaired) electrons. The third-order valence-corrected chi connectivity index (χ3v) is 3.67. The van der Waals surface area contributed by atoms with E-state index in [4.69, 9.17) is 4.74 Å². The topological polar surface area (TPSA) is 70.6 Å². The predicted octanol–water partition coefficient (Wildman–Crippen LogP) is 0.324. The molecule has 0 saturated carbocycles. The number of methoxy groups -OCH3 is 1. The van der Waals surface area contributed by atoms with Crippen LogP contribution < -0.4 is 15.4 Å². The molecule has 2 atom stereocenters. The van der Waals surface area contributed by atoms with Gasteiger partial charge in [0.2, 0.25) is 5.91 Å². The van der Waals surface area contributed by atoms with Gasteiger partial charge in [-0.2, -0.15) is 0 Å². The maximum Gasteiger partial charge on any atom is 0.220 e. The van der Waals surface area contributed by atoms with Crippen molar-refractivity contribution in [3.63, 3.8) is 0 Å². The Kier molecular flexibility index (Phi) is 5.38. The largest absolute Gasteiger partial charge is 0.497 e. The zero-order valence-electron chi connectivity index (χ0n) is 11.8. The first-order valence-corrected chi connectivity index (χ1v) is 6.97. The molecule has 1 aromatic carbocycles. The number of aliphatic hydroxyl groups is 1. The van der Waals surface area contributed by atoms with Gasteiger partial charge in [0.15, 0.2) is 0 Å². The number of aryl methyl sites for hydroxylation is 1. The van der Waals surface area contributed by atoms with E-state index in [0.717, 1.165) is 17.9 Å². The fourth-order valence-electron chi connectivity index (χ4n) is 2.31. The van der Waals surface area contributed by atoms with Gasteiger partial charge in [-0.25, -0.2) is 0 Å². The Morgan fingerprint density at radius 2 is 2.15 bits per heavy atom. The highest BCUT2D eigenvalue weighted by Gasteiger charge is 2.24. The highest BCUT2D eigenvalue weighted by atomic mass is 16.5. The minimum Gasteiger partial charge on any atom is -0.497 e. The van der Waals surface area contributed by atoms with Crippen molar-refractivity contribution >= 4 is 5.91 Å². The summed E-state index contributed by atoms with van der Waals surface area (Å²) in [7, 11) is 1.63. The highest BCUT2D eigenvalue weighted by molar-refractivity contribution is 5.76. The first-order valence-electron chi connectivity index (χ1n) is 6.97. The van der Waals surface area contributed by atoms with Crippen LogP contribution in [0.2, 0.25) is 0 Å². The van der Waals surface area contributed by atoms with Crippen LogP contribution in [0.5, 0.6) is 5.75 Å². The van der Waals surface area contributed by atoms with Gasteiger partial charge in [-0.1, -0.05) is 12.1 Å². The van der Waals surface area contributed by atoms with E-state index in [1.807, 2.05) is 24.3 Å². The third kappa shape index (κ3) is 4.21. The van der Waals surface area contributed by atoms with Crippen molar-refractivity contribution in [2.75, 3.05) is 26.7 Å². The fourth-order valence-corrected chi connectivity index (χ4v) is 2.31. The Labute approximate surface area is 119 Å². The summed E-state index contributed by atoms with van der Waals surface area (Å²) in [4.78, 5) is 11.8. The average Bonchev–Trinajstić information content (AvgIpc) is 2.89. The summed E-state index contributed by atoms with van der Waals surface area (Å²) in [6.07, 6.45) is 0.820. The number of benzene rings is 1. The number of nitrogens with one attached hydrogen (secondary N) is 2. The molecule has 20 heavy (non-hydrogen) atoms. The summed E-state index contributed by atoms with van der Waals surface area (Å²) >= 11 is 0. The normalized spacial score (nSPS) is 21.7. The first kappa shape index (κ1) is 14.8. The molecule has 1 heterocycles. The van der Waals surface area contributed by atoms with Crippen molar-refractivity contribution in [2.24, 2.45) is 5.92 Å². The molecule has 110 valence electrons. The molecule has 1 saturated heterocycles. The van der Waals surface area contributed by atoms with Gasteiger partial charge >= 0.3 is 0 Å². The van der Waals surface area contributed by atoms with E-state index in [9.17, 15) is 9.90 Å². The molecule has 0 spiro atoms. The number of aliphatic hydroxyl groups excluding tert-OH is 1. The standard InChI is InChI=1S/C15H22N2O3/c1-20-13-5-2-11(3-6-13)4-7-15(19)17-9-12-8-16-10-14(12)18/h2-3,5-6,12,14,16,18H,4,7-10H2,1H3,(H,17,19). The highest BCUT2D eigenvalue weighted by Crippen LogP contribution is 2.12. The van der Waals surface area contributed by atoms with Crippen LogP contribution in [0, 0.1) is 5.92 Å². The van der Waals surface area contributed by atoms with Crippen molar-refractivity contribution in [2.45, 2.75) is 18.9 Å². The fraction of sp³-hybridized carbons (Fsp3) is 0.533. The van der Waals surface area contributed by atoms with E-state index in [0.29, 0.717) is 25.9 Å². The molecule has 0 aromatic heterocycles. The Morgan fingerprint density at radius 3 is 2.75 bits per heavy atom. The average molecular weight is 278 g/mol. The summed E-state index contributed by atoms with van der Waals surface area (Å²) in [5.74, 6) is 0.973. The molecule has 0 aliphatic carbocycles. The van der Waals surface area contributed by atoms with E-state index in [-0.39, 0.29) is 17.9 Å². The number of hydrogen-bond acceptors (Lipinski definition) is 4. The van der Waals surface area contributed by atoms with Crippen LogP contribution in [0.1, 0.15) is 12.0 Å². The summed E-state index contributed by atoms with van der Waals surface area (Å²) in [5, 5.41) is 15.6. The molecule has 1 amide bonds. The molecule has 5 nitrogen and oxygen atoms in total. The molecule has 1 aliphatic heterocycles. The quantitative estimate of drug-likeness (QED) is 0.701. The van der Waals surface area contributed by atoms with Crippen LogP contribution in [-0.4, -0.2) is 43.9 Å². The lowest BCUT2D eigenvalue weighted by atomic mass is 10.1. The van der Waals surface area contributed by atoms with Gasteiger partial charge in [0.1, 0.15) is 5.75 Å². The lowest BCUT2D eigenvalue weighted by Gasteiger charge is -2.14. The second-order valence-corrected chi connectivity index (χ2v) is 5.14. The van der Waals surface area contributed by atoms with Gasteiger partial charge in [-0.05, 0) is 24.1 Å². The summed E-state index contributed by atoms with van der Waals surface area (Å²) < 4.78 is 5.09. The number of hydrogen-bond donors (Lipinski definition) is 3. The van der Waals surface area contributed by atoms with Crippen LogP contribution in [0.3, 0.4) is 0 Å². The predicted molar refractivity (Wildman–Crippen MR) is 76.7 cm³/mol. The summed E-state index contributed by atoms with van der Waals surface area (Å²) in [6.45, 7) is 1.92. The third-order valence-electron chi connectivity index (χ3n) is 3.67. The van der Waals surface area contributed by atoms with Crippen LogP contribution in [0.25, 0.3) is 0 Å². The maximum atomic E-state index is 11.8. The smallest absolute Gasteiger partial charge is 0.220 e. The minimum absolute atomic E-state index is 0.0277. The number of rotatable bonds is 6. The molecule has 5 heteroatoms. The van der Waals surface area contributed by atoms with E-state index < -0.39 is 0 Å². The van der Waals surface area contributed by atoms with Gasteiger partial charge in [-0.3, -0.25) is 4.79 Å². The second kappa shape index (κ2) is 7.26. The SMILES string of the molecule is COc1ccc(CCC(=O)NCC2CNCC2O)cc1. The lowest BCUT2D eigenvalue weighted by molar-refractivity contribution is -0.121. The van der Waals surface area contributed by atoms with E-state index in [2.05, 4.69) is 10.6 Å². The number of carbonyl (C=O) groups is 1. The van der Waals surface area contributed by atoms with Crippen molar-refractivity contribution in [1.82, 2.24) is 10.6 Å². The van der Waals surface area contributed by atoms with E-state index in [1.165, 1.54) is 0 Å². The Bertz CT molecular complexity index is 433. The Balaban J connectivity index is 1.69. The van der Waals surface area contributed by atoms with Gasteiger partial charge in [0, 0.05) is 32.0 Å². The summed E-state index contributed by atoms with van der Waals surface area (Å²) in [6, 6.07) is 7.73. The maximum absolute atomic E-state index is 11.8. The van der Waals surface area contributed by atoms with Gasteiger partial charge in [-0.15, -0.1) is 0 Å². The van der Waals surface area contributed by atoms with E-state index >= 15 is 0 Å². The molecule has 1 fully saturated rings. The molecule has 2 unspecified atom stereocenters. The van der Waals surface area contributed by atoms with Crippen LogP contribution in [0.4, 0.5) is 0 Å². The van der Waals surface area contributed by atoms with Gasteiger partial charge in [0.25, 0.3) is 0 Å². The van der Waals surface area contributed by atoms with Crippen molar-refractivity contribution in [1.29, 1.82) is 0 Å². The Hall–Kier alpha value is -1.59. The van der Waals surface area contributed by atoms with Gasteiger partial charge < -0.3 is 20.5 Å². The van der Waals surface area contributed by atoms with Crippen LogP contribution >= 0.6 is 0 Å². The van der Waals surface area contributed by atoms with Crippen molar-refractivity contribution in [3.05, 3.63) is 29.8 Å². The number of amides is 1. The zero-order chi connectivity index (χ0) is 14.4. The Morgan fingerprint density at radius 1 is 1.40 bits per heavy atom. The molecule has 0 bridgehead atoms. The molecular formula is C15H22N2O3. The van der Waals surface area contributed by atoms with E-state index in [1.54, 1.807) is 7.11 Å². The molecular weight excluding hydrogens is 256 g/mol. The zero-order valence-corrected chi connectivity index (χ0v) is 11.8. The van der Waals surface area contributed by atoms with Crippen molar-refractivity contribution in [3.8, 4) is 5.75 Å². The summed E-state index contributed by atoms with van der Waals surface area (Å²) in [5.41, 5.74) is 1.11. The number of β-amino-alcohol motifs (C(OH)–C–C–N with tert-alkyl or cyclic N) is 1. The van der Waals surface area contributed by atoms with Gasteiger partial charge in [0.05, 0.1) is 13.2 Å². The van der Waals surface area contributed by atoms with Crippen LogP contribution in [-0.2, 0) is 11.2 Å². The molecule has 1 aromatic rings. The minimum atomic E-state index is -0.350. The van der Waals surface area contributed by atoms with Crippen LogP contribution in [0.15, 0.2) is 24.3 Å². The molecule has 2 rings (SSSR count). The number of ether oxygens (including phenoxy) is 1.